The highest BCUT2D eigenvalue weighted by Crippen LogP contribution is 2.41. The van der Waals surface area contributed by atoms with E-state index in [4.69, 9.17) is 4.74 Å². The fraction of sp³-hybridized carbons (Fsp3) is 0.364. The summed E-state index contributed by atoms with van der Waals surface area (Å²) in [6.45, 7) is 0.484. The van der Waals surface area contributed by atoms with Crippen molar-refractivity contribution in [2.75, 3.05) is 13.7 Å². The summed E-state index contributed by atoms with van der Waals surface area (Å²) in [5.41, 5.74) is 1.75. The molecule has 0 aliphatic heterocycles. The monoisotopic (exact) mass is 366 g/mol. The molecule has 2 aromatic carbocycles. The minimum Gasteiger partial charge on any atom is -0.497 e. The van der Waals surface area contributed by atoms with Gasteiger partial charge in [0, 0.05) is 18.5 Å². The third-order valence-electron chi connectivity index (χ3n) is 4.79. The largest absolute Gasteiger partial charge is 0.497 e. The van der Waals surface area contributed by atoms with Gasteiger partial charge in [-0.15, -0.1) is 0 Å². The van der Waals surface area contributed by atoms with Crippen molar-refractivity contribution in [3.8, 4) is 5.75 Å². The van der Waals surface area contributed by atoms with Crippen LogP contribution in [0.15, 0.2) is 54.6 Å². The highest BCUT2D eigenvalue weighted by molar-refractivity contribution is 5.94. The molecule has 1 aliphatic rings. The molecule has 1 atom stereocenters. The van der Waals surface area contributed by atoms with E-state index < -0.39 is 0 Å². The standard InChI is InChI=1S/C22H26N2O3/c1-27-19-13-11-17(12-14-19)21(16-9-10-16)24-20(25)8-5-15-23-22(26)18-6-3-2-4-7-18/h2-4,6-7,11-14,16,21H,5,8-10,15H2,1H3,(H,23,26)(H,24,25). The summed E-state index contributed by atoms with van der Waals surface area (Å²) in [6.07, 6.45) is 3.30. The first-order chi connectivity index (χ1) is 13.2. The molecule has 2 N–H and O–H groups in total. The van der Waals surface area contributed by atoms with Gasteiger partial charge in [0.15, 0.2) is 0 Å². The molecule has 1 saturated carbocycles. The number of hydrogen-bond acceptors (Lipinski definition) is 3. The van der Waals surface area contributed by atoms with Crippen LogP contribution in [-0.2, 0) is 4.79 Å². The first kappa shape index (κ1) is 19.0. The predicted molar refractivity (Wildman–Crippen MR) is 105 cm³/mol. The van der Waals surface area contributed by atoms with Gasteiger partial charge in [-0.1, -0.05) is 30.3 Å². The highest BCUT2D eigenvalue weighted by Gasteiger charge is 2.33. The smallest absolute Gasteiger partial charge is 0.251 e. The van der Waals surface area contributed by atoms with E-state index in [1.165, 1.54) is 0 Å². The van der Waals surface area contributed by atoms with Gasteiger partial charge >= 0.3 is 0 Å². The maximum absolute atomic E-state index is 12.3. The number of carbonyl (C=O) groups is 2. The van der Waals surface area contributed by atoms with Crippen molar-refractivity contribution in [2.24, 2.45) is 5.92 Å². The molecule has 1 unspecified atom stereocenters. The molecule has 0 bridgehead atoms. The average molecular weight is 366 g/mol. The molecule has 1 aliphatic carbocycles. The van der Waals surface area contributed by atoms with E-state index in [1.807, 2.05) is 42.5 Å². The molecule has 27 heavy (non-hydrogen) atoms. The molecule has 5 nitrogen and oxygen atoms in total. The molecule has 1 fully saturated rings. The lowest BCUT2D eigenvalue weighted by atomic mass is 10.0. The Hall–Kier alpha value is -2.82. The fourth-order valence-electron chi connectivity index (χ4n) is 3.10. The third-order valence-corrected chi connectivity index (χ3v) is 4.79. The Morgan fingerprint density at radius 3 is 2.41 bits per heavy atom. The molecule has 0 heterocycles. The van der Waals surface area contributed by atoms with Gasteiger partial charge in [-0.05, 0) is 55.0 Å². The van der Waals surface area contributed by atoms with E-state index in [9.17, 15) is 9.59 Å². The van der Waals surface area contributed by atoms with Crippen molar-refractivity contribution in [3.05, 3.63) is 65.7 Å². The maximum Gasteiger partial charge on any atom is 0.251 e. The Kier molecular flexibility index (Phi) is 6.47. The van der Waals surface area contributed by atoms with Crippen LogP contribution in [0.4, 0.5) is 0 Å². The quantitative estimate of drug-likeness (QED) is 0.668. The third kappa shape index (κ3) is 5.58. The summed E-state index contributed by atoms with van der Waals surface area (Å²) in [7, 11) is 1.64. The van der Waals surface area contributed by atoms with Crippen LogP contribution in [0.3, 0.4) is 0 Å². The minimum absolute atomic E-state index is 0.0247. The molecule has 0 aromatic heterocycles. The zero-order valence-corrected chi connectivity index (χ0v) is 15.6. The van der Waals surface area contributed by atoms with Gasteiger partial charge in [0.25, 0.3) is 5.91 Å². The fourth-order valence-corrected chi connectivity index (χ4v) is 3.10. The lowest BCUT2D eigenvalue weighted by molar-refractivity contribution is -0.122. The van der Waals surface area contributed by atoms with Crippen molar-refractivity contribution in [3.63, 3.8) is 0 Å². The number of rotatable bonds is 9. The van der Waals surface area contributed by atoms with Gasteiger partial charge in [0.1, 0.15) is 5.75 Å². The summed E-state index contributed by atoms with van der Waals surface area (Å²) >= 11 is 0. The topological polar surface area (TPSA) is 67.4 Å². The first-order valence-corrected chi connectivity index (χ1v) is 9.44. The SMILES string of the molecule is COc1ccc(C(NC(=O)CCCNC(=O)c2ccccc2)C2CC2)cc1. The van der Waals surface area contributed by atoms with E-state index in [1.54, 1.807) is 19.2 Å². The van der Waals surface area contributed by atoms with E-state index in [2.05, 4.69) is 10.6 Å². The van der Waals surface area contributed by atoms with Crippen LogP contribution in [-0.4, -0.2) is 25.5 Å². The van der Waals surface area contributed by atoms with E-state index in [0.29, 0.717) is 30.9 Å². The second-order valence-electron chi connectivity index (χ2n) is 6.88. The Balaban J connectivity index is 1.44. The van der Waals surface area contributed by atoms with Gasteiger partial charge in [-0.3, -0.25) is 9.59 Å². The Morgan fingerprint density at radius 1 is 1.07 bits per heavy atom. The number of hydrogen-bond donors (Lipinski definition) is 2. The number of methoxy groups -OCH3 is 1. The van der Waals surface area contributed by atoms with Crippen LogP contribution in [0.2, 0.25) is 0 Å². The first-order valence-electron chi connectivity index (χ1n) is 9.44. The molecule has 2 amide bonds. The van der Waals surface area contributed by atoms with Crippen molar-refractivity contribution >= 4 is 11.8 Å². The van der Waals surface area contributed by atoms with Gasteiger partial charge in [-0.25, -0.2) is 0 Å². The molecule has 142 valence electrons. The van der Waals surface area contributed by atoms with E-state index >= 15 is 0 Å². The molecule has 5 heteroatoms. The van der Waals surface area contributed by atoms with Crippen molar-refractivity contribution in [1.29, 1.82) is 0 Å². The summed E-state index contributed by atoms with van der Waals surface area (Å²) in [6, 6.07) is 17.0. The number of amides is 2. The van der Waals surface area contributed by atoms with Crippen LogP contribution in [0.1, 0.15) is 47.6 Å². The lowest BCUT2D eigenvalue weighted by Crippen LogP contribution is -2.31. The van der Waals surface area contributed by atoms with Gasteiger partial charge in [-0.2, -0.15) is 0 Å². The normalized spacial score (nSPS) is 14.3. The van der Waals surface area contributed by atoms with Crippen LogP contribution in [0, 0.1) is 5.92 Å². The van der Waals surface area contributed by atoms with E-state index in [-0.39, 0.29) is 17.9 Å². The highest BCUT2D eigenvalue weighted by atomic mass is 16.5. The summed E-state index contributed by atoms with van der Waals surface area (Å²) < 4.78 is 5.20. The van der Waals surface area contributed by atoms with Gasteiger partial charge in [0.05, 0.1) is 13.2 Å². The predicted octanol–water partition coefficient (Wildman–Crippen LogP) is 3.47. The van der Waals surface area contributed by atoms with E-state index in [0.717, 1.165) is 24.2 Å². The van der Waals surface area contributed by atoms with Crippen LogP contribution in [0.25, 0.3) is 0 Å². The summed E-state index contributed by atoms with van der Waals surface area (Å²) in [4.78, 5) is 24.3. The van der Waals surface area contributed by atoms with Crippen LogP contribution < -0.4 is 15.4 Å². The molecule has 0 saturated heterocycles. The molecule has 0 radical (unpaired) electrons. The molecule has 2 aromatic rings. The van der Waals surface area contributed by atoms with Gasteiger partial charge < -0.3 is 15.4 Å². The number of nitrogens with one attached hydrogen (secondary N) is 2. The minimum atomic E-state index is -0.106. The molecule has 0 spiro atoms. The van der Waals surface area contributed by atoms with Crippen LogP contribution >= 0.6 is 0 Å². The molecular formula is C22H26N2O3. The Bertz CT molecular complexity index is 755. The zero-order valence-electron chi connectivity index (χ0n) is 15.6. The van der Waals surface area contributed by atoms with Crippen molar-refractivity contribution in [1.82, 2.24) is 10.6 Å². The van der Waals surface area contributed by atoms with Crippen LogP contribution in [0.5, 0.6) is 5.75 Å². The van der Waals surface area contributed by atoms with Crippen molar-refractivity contribution in [2.45, 2.75) is 31.7 Å². The molecule has 3 rings (SSSR count). The summed E-state index contributed by atoms with van der Waals surface area (Å²) in [5.74, 6) is 1.25. The summed E-state index contributed by atoms with van der Waals surface area (Å²) in [5, 5.41) is 6.01. The molecular weight excluding hydrogens is 340 g/mol. The second-order valence-corrected chi connectivity index (χ2v) is 6.88. The number of carbonyl (C=O) groups excluding carboxylic acids is 2. The van der Waals surface area contributed by atoms with Gasteiger partial charge in [0.2, 0.25) is 5.91 Å². The maximum atomic E-state index is 12.3. The lowest BCUT2D eigenvalue weighted by Gasteiger charge is -2.19. The number of ether oxygens (including phenoxy) is 1. The number of benzene rings is 2. The Morgan fingerprint density at radius 2 is 1.78 bits per heavy atom. The Labute approximate surface area is 160 Å². The second kappa shape index (κ2) is 9.21. The zero-order chi connectivity index (χ0) is 19.1. The van der Waals surface area contributed by atoms with Crippen molar-refractivity contribution < 1.29 is 14.3 Å². The average Bonchev–Trinajstić information content (AvgIpc) is 3.55.